The van der Waals surface area contributed by atoms with Crippen LogP contribution in [0.5, 0.6) is 0 Å². The molecule has 0 aromatic heterocycles. The largest absolute Gasteiger partial charge is 0.481 e. The predicted octanol–water partition coefficient (Wildman–Crippen LogP) is 4.02. The van der Waals surface area contributed by atoms with E-state index in [0.717, 1.165) is 37.4 Å². The molecule has 0 atom stereocenters. The summed E-state index contributed by atoms with van der Waals surface area (Å²) < 4.78 is 0. The Bertz CT molecular complexity index is 271. The normalized spacial score (nSPS) is 18.4. The Morgan fingerprint density at radius 3 is 2.00 bits per heavy atom. The lowest BCUT2D eigenvalue weighted by atomic mass is 9.88. The SMILES string of the molecule is CC(C)CC(CC(C)C)N1CCC(CCC(=O)O)CC1. The second kappa shape index (κ2) is 8.66. The molecule has 0 aromatic carbocycles. The monoisotopic (exact) mass is 283 g/mol. The fourth-order valence-electron chi connectivity index (χ4n) is 3.42. The van der Waals surface area contributed by atoms with Crippen molar-refractivity contribution in [2.24, 2.45) is 17.8 Å². The summed E-state index contributed by atoms with van der Waals surface area (Å²) in [6.07, 6.45) is 6.14. The van der Waals surface area contributed by atoms with Crippen LogP contribution in [0, 0.1) is 17.8 Å². The van der Waals surface area contributed by atoms with Crippen LogP contribution in [0.2, 0.25) is 0 Å². The zero-order chi connectivity index (χ0) is 15.1. The van der Waals surface area contributed by atoms with Gasteiger partial charge in [0.1, 0.15) is 0 Å². The Kier molecular flexibility index (Phi) is 7.57. The zero-order valence-corrected chi connectivity index (χ0v) is 13.8. The van der Waals surface area contributed by atoms with E-state index < -0.39 is 5.97 Å². The lowest BCUT2D eigenvalue weighted by Gasteiger charge is -2.39. The fourth-order valence-corrected chi connectivity index (χ4v) is 3.42. The van der Waals surface area contributed by atoms with Gasteiger partial charge in [-0.05, 0) is 62.9 Å². The molecule has 118 valence electrons. The van der Waals surface area contributed by atoms with Gasteiger partial charge in [-0.1, -0.05) is 27.7 Å². The van der Waals surface area contributed by atoms with Crippen molar-refractivity contribution in [2.75, 3.05) is 13.1 Å². The Labute approximate surface area is 124 Å². The molecular weight excluding hydrogens is 250 g/mol. The molecule has 0 radical (unpaired) electrons. The molecule has 1 fully saturated rings. The van der Waals surface area contributed by atoms with Crippen LogP contribution in [0.1, 0.15) is 66.2 Å². The molecule has 0 unspecified atom stereocenters. The van der Waals surface area contributed by atoms with Gasteiger partial charge in [-0.2, -0.15) is 0 Å². The van der Waals surface area contributed by atoms with E-state index in [1.165, 1.54) is 25.7 Å². The first kappa shape index (κ1) is 17.5. The summed E-state index contributed by atoms with van der Waals surface area (Å²) in [6, 6.07) is 0.718. The molecule has 1 aliphatic heterocycles. The molecule has 3 nitrogen and oxygen atoms in total. The van der Waals surface area contributed by atoms with E-state index in [1.807, 2.05) is 0 Å². The van der Waals surface area contributed by atoms with Gasteiger partial charge < -0.3 is 10.0 Å². The predicted molar refractivity (Wildman–Crippen MR) is 83.9 cm³/mol. The van der Waals surface area contributed by atoms with Crippen molar-refractivity contribution >= 4 is 5.97 Å². The van der Waals surface area contributed by atoms with E-state index in [-0.39, 0.29) is 0 Å². The second-order valence-corrected chi connectivity index (χ2v) is 7.32. The zero-order valence-electron chi connectivity index (χ0n) is 13.8. The minimum atomic E-state index is -0.648. The Morgan fingerprint density at radius 2 is 1.60 bits per heavy atom. The molecule has 0 aromatic rings. The number of hydrogen-bond donors (Lipinski definition) is 1. The number of rotatable bonds is 8. The van der Waals surface area contributed by atoms with E-state index in [9.17, 15) is 4.79 Å². The fraction of sp³-hybridized carbons (Fsp3) is 0.941. The highest BCUT2D eigenvalue weighted by Gasteiger charge is 2.26. The van der Waals surface area contributed by atoms with Gasteiger partial charge in [0, 0.05) is 12.5 Å². The summed E-state index contributed by atoms with van der Waals surface area (Å²) in [6.45, 7) is 11.6. The molecule has 20 heavy (non-hydrogen) atoms. The van der Waals surface area contributed by atoms with Crippen molar-refractivity contribution in [2.45, 2.75) is 72.3 Å². The standard InChI is InChI=1S/C17H33NO2/c1-13(2)11-16(12-14(3)4)18-9-7-15(8-10-18)5-6-17(19)20/h13-16H,5-12H2,1-4H3,(H,19,20). The smallest absolute Gasteiger partial charge is 0.303 e. The lowest BCUT2D eigenvalue weighted by molar-refractivity contribution is -0.137. The van der Waals surface area contributed by atoms with Crippen molar-refractivity contribution < 1.29 is 9.90 Å². The minimum absolute atomic E-state index is 0.339. The van der Waals surface area contributed by atoms with Crippen molar-refractivity contribution in [3.05, 3.63) is 0 Å². The first-order valence-corrected chi connectivity index (χ1v) is 8.34. The third-order valence-electron chi connectivity index (χ3n) is 4.42. The second-order valence-electron chi connectivity index (χ2n) is 7.32. The molecule has 0 saturated carbocycles. The first-order valence-electron chi connectivity index (χ1n) is 8.34. The molecule has 3 heteroatoms. The number of likely N-dealkylation sites (tertiary alicyclic amines) is 1. The van der Waals surface area contributed by atoms with Crippen molar-refractivity contribution in [3.8, 4) is 0 Å². The number of aliphatic carboxylic acids is 1. The Balaban J connectivity index is 2.41. The number of nitrogens with zero attached hydrogens (tertiary/aromatic N) is 1. The van der Waals surface area contributed by atoms with Crippen LogP contribution in [-0.2, 0) is 4.79 Å². The molecule has 1 aliphatic rings. The van der Waals surface area contributed by atoms with Crippen LogP contribution in [0.25, 0.3) is 0 Å². The summed E-state index contributed by atoms with van der Waals surface area (Å²) in [4.78, 5) is 13.3. The number of carboxylic acids is 1. The molecule has 1 heterocycles. The molecule has 0 spiro atoms. The third kappa shape index (κ3) is 6.74. The summed E-state index contributed by atoms with van der Waals surface area (Å²) in [5, 5.41) is 8.77. The molecule has 0 amide bonds. The van der Waals surface area contributed by atoms with Crippen molar-refractivity contribution in [3.63, 3.8) is 0 Å². The molecule has 0 bridgehead atoms. The van der Waals surface area contributed by atoms with Crippen molar-refractivity contribution in [1.82, 2.24) is 4.90 Å². The van der Waals surface area contributed by atoms with E-state index in [2.05, 4.69) is 32.6 Å². The maximum Gasteiger partial charge on any atom is 0.303 e. The summed E-state index contributed by atoms with van der Waals surface area (Å²) >= 11 is 0. The number of hydrogen-bond acceptors (Lipinski definition) is 2. The molecule has 1 saturated heterocycles. The number of piperidine rings is 1. The molecular formula is C17H33NO2. The van der Waals surface area contributed by atoms with Gasteiger partial charge >= 0.3 is 5.97 Å². The number of carboxylic acid groups (broad SMARTS) is 1. The van der Waals surface area contributed by atoms with Crippen LogP contribution in [0.15, 0.2) is 0 Å². The average molecular weight is 283 g/mol. The van der Waals surface area contributed by atoms with E-state index in [4.69, 9.17) is 5.11 Å². The Morgan fingerprint density at radius 1 is 1.10 bits per heavy atom. The summed E-state index contributed by atoms with van der Waals surface area (Å²) in [7, 11) is 0. The van der Waals surface area contributed by atoms with Gasteiger partial charge in [0.05, 0.1) is 0 Å². The molecule has 0 aliphatic carbocycles. The van der Waals surface area contributed by atoms with Crippen molar-refractivity contribution in [1.29, 1.82) is 0 Å². The highest BCUT2D eigenvalue weighted by molar-refractivity contribution is 5.66. The highest BCUT2D eigenvalue weighted by Crippen LogP contribution is 2.27. The summed E-state index contributed by atoms with van der Waals surface area (Å²) in [5.74, 6) is 1.48. The third-order valence-corrected chi connectivity index (χ3v) is 4.42. The van der Waals surface area contributed by atoms with Crippen LogP contribution < -0.4 is 0 Å². The van der Waals surface area contributed by atoms with Crippen LogP contribution >= 0.6 is 0 Å². The van der Waals surface area contributed by atoms with Crippen LogP contribution in [0.4, 0.5) is 0 Å². The first-order chi connectivity index (χ1) is 9.38. The topological polar surface area (TPSA) is 40.5 Å². The molecule has 1 rings (SSSR count). The maximum absolute atomic E-state index is 10.6. The Hall–Kier alpha value is -0.570. The highest BCUT2D eigenvalue weighted by atomic mass is 16.4. The maximum atomic E-state index is 10.6. The number of carbonyl (C=O) groups is 1. The van der Waals surface area contributed by atoms with Gasteiger partial charge in [-0.15, -0.1) is 0 Å². The van der Waals surface area contributed by atoms with E-state index in [0.29, 0.717) is 12.3 Å². The van der Waals surface area contributed by atoms with E-state index >= 15 is 0 Å². The summed E-state index contributed by atoms with van der Waals surface area (Å²) in [5.41, 5.74) is 0. The van der Waals surface area contributed by atoms with Crippen LogP contribution in [0.3, 0.4) is 0 Å². The lowest BCUT2D eigenvalue weighted by Crippen LogP contribution is -2.42. The van der Waals surface area contributed by atoms with Gasteiger partial charge in [0.25, 0.3) is 0 Å². The average Bonchev–Trinajstić information content (AvgIpc) is 2.35. The van der Waals surface area contributed by atoms with Gasteiger partial charge in [-0.25, -0.2) is 0 Å². The van der Waals surface area contributed by atoms with Crippen LogP contribution in [-0.4, -0.2) is 35.1 Å². The van der Waals surface area contributed by atoms with Gasteiger partial charge in [0.2, 0.25) is 0 Å². The quantitative estimate of drug-likeness (QED) is 0.731. The van der Waals surface area contributed by atoms with Gasteiger partial charge in [0.15, 0.2) is 0 Å². The van der Waals surface area contributed by atoms with E-state index in [1.54, 1.807) is 0 Å². The minimum Gasteiger partial charge on any atom is -0.481 e. The van der Waals surface area contributed by atoms with Gasteiger partial charge in [-0.3, -0.25) is 4.79 Å². The molecule has 1 N–H and O–H groups in total.